The van der Waals surface area contributed by atoms with Crippen LogP contribution < -0.4 is 5.32 Å². The minimum atomic E-state index is -2.21. The number of hydrogen-bond acceptors (Lipinski definition) is 11. The number of nitro benzene ring substituents is 1. The van der Waals surface area contributed by atoms with Crippen LogP contribution in [0.4, 0.5) is 10.5 Å². The number of hydrogen-bond donors (Lipinski definition) is 1. The van der Waals surface area contributed by atoms with E-state index in [9.17, 15) is 24.5 Å². The number of nitro groups is 1. The summed E-state index contributed by atoms with van der Waals surface area (Å²) in [5.41, 5.74) is 0.570. The van der Waals surface area contributed by atoms with Gasteiger partial charge in [-0.25, -0.2) is 9.80 Å². The van der Waals surface area contributed by atoms with E-state index >= 15 is 0 Å². The molecule has 13 nitrogen and oxygen atoms in total. The van der Waals surface area contributed by atoms with Crippen molar-refractivity contribution in [2.24, 2.45) is 0 Å². The Morgan fingerprint density at radius 2 is 1.80 bits per heavy atom. The second kappa shape index (κ2) is 16.2. The molecule has 1 N–H and O–H groups in total. The first-order chi connectivity index (χ1) is 21.1. The lowest BCUT2D eigenvalue weighted by Gasteiger charge is -2.40. The van der Waals surface area contributed by atoms with Crippen molar-refractivity contribution in [1.29, 1.82) is 0 Å². The first-order valence-electron chi connectivity index (χ1n) is 15.5. The summed E-state index contributed by atoms with van der Waals surface area (Å²) in [6, 6.07) is 5.37. The monoisotopic (exact) mass is 667 g/mol. The molecule has 2 heterocycles. The van der Waals surface area contributed by atoms with Crippen molar-refractivity contribution in [1.82, 2.24) is 20.2 Å². The number of amides is 2. The third-order valence-corrected chi connectivity index (χ3v) is 14.3. The van der Waals surface area contributed by atoms with Gasteiger partial charge in [-0.15, -0.1) is 11.8 Å². The number of benzene rings is 1. The Balaban J connectivity index is 1.88. The van der Waals surface area contributed by atoms with Crippen LogP contribution in [0.25, 0.3) is 0 Å². The standard InChI is InChI=1S/C30H49N5O8SSi/c1-8-44-27(28(37)34(17-18-41-22(2)36)32-15-13-31-14-16-32)26-19-25(43-45(6,7)30(3,4)5)20-33(26)29(38)42-21-23-9-11-24(12-10-23)35(39)40/h9-12,25-27,31H,8,13-21H2,1-7H3. The van der Waals surface area contributed by atoms with E-state index in [1.165, 1.54) is 30.8 Å². The zero-order valence-corrected chi connectivity index (χ0v) is 29.4. The molecule has 0 spiro atoms. The number of nitrogens with one attached hydrogen (secondary N) is 1. The van der Waals surface area contributed by atoms with Crippen LogP contribution in [0.5, 0.6) is 0 Å². The topological polar surface area (TPSA) is 144 Å². The highest BCUT2D eigenvalue weighted by molar-refractivity contribution is 8.00. The smallest absolute Gasteiger partial charge is 0.410 e. The summed E-state index contributed by atoms with van der Waals surface area (Å²) in [5.74, 6) is 0.0821. The van der Waals surface area contributed by atoms with Crippen LogP contribution in [0.1, 0.15) is 46.6 Å². The summed E-state index contributed by atoms with van der Waals surface area (Å²) in [5, 5.41) is 17.3. The number of nitrogens with zero attached hydrogens (tertiary/aromatic N) is 4. The van der Waals surface area contributed by atoms with Gasteiger partial charge in [-0.2, -0.15) is 0 Å². The number of thioether (sulfide) groups is 1. The molecule has 0 aliphatic carbocycles. The average molecular weight is 668 g/mol. The Hall–Kier alpha value is -2.72. The van der Waals surface area contributed by atoms with Crippen LogP contribution in [-0.4, -0.2) is 115 Å². The first-order valence-corrected chi connectivity index (χ1v) is 19.5. The maximum Gasteiger partial charge on any atom is 0.410 e. The van der Waals surface area contributed by atoms with E-state index in [0.29, 0.717) is 30.8 Å². The average Bonchev–Trinajstić information content (AvgIpc) is 3.39. The third-order valence-electron chi connectivity index (χ3n) is 8.55. The number of piperazine rings is 1. The molecular formula is C30H49N5O8SSi. The fourth-order valence-electron chi connectivity index (χ4n) is 5.18. The van der Waals surface area contributed by atoms with Gasteiger partial charge < -0.3 is 24.1 Å². The number of non-ortho nitro benzene ring substituents is 1. The van der Waals surface area contributed by atoms with E-state index in [0.717, 1.165) is 13.1 Å². The Morgan fingerprint density at radius 1 is 1.16 bits per heavy atom. The van der Waals surface area contributed by atoms with Crippen molar-refractivity contribution in [3.05, 3.63) is 39.9 Å². The van der Waals surface area contributed by atoms with Gasteiger partial charge in [0.2, 0.25) is 0 Å². The van der Waals surface area contributed by atoms with Gasteiger partial charge >= 0.3 is 12.1 Å². The van der Waals surface area contributed by atoms with Crippen molar-refractivity contribution < 1.29 is 33.2 Å². The van der Waals surface area contributed by atoms with Gasteiger partial charge in [0.1, 0.15) is 18.5 Å². The van der Waals surface area contributed by atoms with Crippen LogP contribution in [-0.2, 0) is 30.1 Å². The number of hydrazine groups is 1. The molecule has 45 heavy (non-hydrogen) atoms. The van der Waals surface area contributed by atoms with E-state index in [4.69, 9.17) is 13.9 Å². The highest BCUT2D eigenvalue weighted by Gasteiger charge is 2.48. The molecule has 1 aromatic rings. The molecule has 0 radical (unpaired) electrons. The summed E-state index contributed by atoms with van der Waals surface area (Å²) in [6.07, 6.45) is -0.367. The zero-order valence-electron chi connectivity index (χ0n) is 27.6. The first kappa shape index (κ1) is 36.7. The fourth-order valence-corrected chi connectivity index (χ4v) is 7.64. The van der Waals surface area contributed by atoms with Crippen molar-refractivity contribution in [3.63, 3.8) is 0 Å². The molecule has 0 saturated carbocycles. The van der Waals surface area contributed by atoms with E-state index in [2.05, 4.69) is 39.2 Å². The third kappa shape index (κ3) is 10.1. The summed E-state index contributed by atoms with van der Waals surface area (Å²) >= 11 is 1.48. The Bertz CT molecular complexity index is 1180. The van der Waals surface area contributed by atoms with E-state index in [-0.39, 0.29) is 49.0 Å². The molecular weight excluding hydrogens is 619 g/mol. The molecule has 3 unspecified atom stereocenters. The Morgan fingerprint density at radius 3 is 2.36 bits per heavy atom. The van der Waals surface area contributed by atoms with Crippen LogP contribution in [0.2, 0.25) is 18.1 Å². The summed E-state index contributed by atoms with van der Waals surface area (Å²) in [7, 11) is -2.21. The largest absolute Gasteiger partial charge is 0.464 e. The van der Waals surface area contributed by atoms with Crippen molar-refractivity contribution >= 4 is 43.7 Å². The lowest BCUT2D eigenvalue weighted by molar-refractivity contribution is -0.384. The molecule has 2 saturated heterocycles. The predicted molar refractivity (Wildman–Crippen MR) is 175 cm³/mol. The lowest BCUT2D eigenvalue weighted by atomic mass is 10.1. The minimum absolute atomic E-state index is 0.0454. The van der Waals surface area contributed by atoms with Gasteiger partial charge in [0.05, 0.1) is 23.6 Å². The van der Waals surface area contributed by atoms with Gasteiger partial charge in [0.25, 0.3) is 11.6 Å². The highest BCUT2D eigenvalue weighted by atomic mass is 32.2. The van der Waals surface area contributed by atoms with Crippen LogP contribution >= 0.6 is 11.8 Å². The number of carbonyl (C=O) groups excluding carboxylic acids is 3. The number of rotatable bonds is 13. The number of esters is 1. The molecule has 2 aliphatic heterocycles. The predicted octanol–water partition coefficient (Wildman–Crippen LogP) is 4.03. The molecule has 0 bridgehead atoms. The summed E-state index contributed by atoms with van der Waals surface area (Å²) in [4.78, 5) is 51.8. The molecule has 3 atom stereocenters. The maximum absolute atomic E-state index is 14.4. The van der Waals surface area contributed by atoms with E-state index in [1.807, 2.05) is 11.9 Å². The quantitative estimate of drug-likeness (QED) is 0.141. The van der Waals surface area contributed by atoms with Crippen molar-refractivity contribution in [2.75, 3.05) is 51.6 Å². The molecule has 0 aromatic heterocycles. The van der Waals surface area contributed by atoms with Crippen LogP contribution in [0.3, 0.4) is 0 Å². The van der Waals surface area contributed by atoms with Gasteiger partial charge in [-0.1, -0.05) is 27.7 Å². The van der Waals surface area contributed by atoms with Gasteiger partial charge in [-0.3, -0.25) is 24.7 Å². The summed E-state index contributed by atoms with van der Waals surface area (Å²) in [6.45, 7) is 17.3. The Labute approximate surface area is 271 Å². The summed E-state index contributed by atoms with van der Waals surface area (Å²) < 4.78 is 17.7. The second-order valence-electron chi connectivity index (χ2n) is 12.8. The molecule has 2 fully saturated rings. The molecule has 2 amide bonds. The lowest BCUT2D eigenvalue weighted by Crippen LogP contribution is -2.59. The normalized spacial score (nSPS) is 20.0. The SMILES string of the molecule is CCSC(C(=O)N(CCOC(C)=O)N1CCNCC1)C1CC(O[Si](C)(C)C(C)(C)C)CN1C(=O)OCc1ccc([N+](=O)[O-])cc1. The highest BCUT2D eigenvalue weighted by Crippen LogP contribution is 2.40. The van der Waals surface area contributed by atoms with Gasteiger partial charge in [-0.05, 0) is 48.0 Å². The molecule has 15 heteroatoms. The zero-order chi connectivity index (χ0) is 33.4. The maximum atomic E-state index is 14.4. The second-order valence-corrected chi connectivity index (χ2v) is 19.0. The molecule has 1 aromatic carbocycles. The number of ether oxygens (including phenoxy) is 2. The Kier molecular flexibility index (Phi) is 13.2. The van der Waals surface area contributed by atoms with Crippen molar-refractivity contribution in [3.8, 4) is 0 Å². The van der Waals surface area contributed by atoms with Crippen LogP contribution in [0.15, 0.2) is 24.3 Å². The number of likely N-dealkylation sites (tertiary alicyclic amines) is 1. The van der Waals surface area contributed by atoms with Gasteiger partial charge in [0, 0.05) is 51.8 Å². The minimum Gasteiger partial charge on any atom is -0.464 e. The van der Waals surface area contributed by atoms with Gasteiger partial charge in [0.15, 0.2) is 8.32 Å². The molecule has 3 rings (SSSR count). The fraction of sp³-hybridized carbons (Fsp3) is 0.700. The molecule has 252 valence electrons. The number of carbonyl (C=O) groups is 3. The van der Waals surface area contributed by atoms with E-state index in [1.54, 1.807) is 22.0 Å². The van der Waals surface area contributed by atoms with Crippen molar-refractivity contribution in [2.45, 2.75) is 83.2 Å². The molecule has 2 aliphatic rings. The van der Waals surface area contributed by atoms with E-state index < -0.39 is 36.6 Å². The van der Waals surface area contributed by atoms with Crippen LogP contribution in [0, 0.1) is 10.1 Å².